The molecule has 5 heteroatoms. The minimum absolute atomic E-state index is 0. The zero-order chi connectivity index (χ0) is 16.5. The third-order valence-electron chi connectivity index (χ3n) is 3.72. The van der Waals surface area contributed by atoms with Crippen LogP contribution in [0.4, 0.5) is 4.39 Å². The maximum Gasteiger partial charge on any atom is 0.191 e. The summed E-state index contributed by atoms with van der Waals surface area (Å²) in [6.45, 7) is 2.54. The second-order valence-electron chi connectivity index (χ2n) is 5.59. The molecule has 1 atom stereocenters. The third kappa shape index (κ3) is 6.86. The molecule has 2 aromatic rings. The Balaban J connectivity index is 0.00000288. The van der Waals surface area contributed by atoms with Crippen LogP contribution in [0.1, 0.15) is 24.5 Å². The average Bonchev–Trinajstić information content (AvgIpc) is 2.59. The number of nitrogens with zero attached hydrogens (tertiary/aromatic N) is 1. The third-order valence-corrected chi connectivity index (χ3v) is 3.72. The number of rotatable bonds is 6. The molecule has 0 amide bonds. The summed E-state index contributed by atoms with van der Waals surface area (Å²) in [6.07, 6.45) is 2.02. The molecule has 0 bridgehead atoms. The van der Waals surface area contributed by atoms with Crippen molar-refractivity contribution in [2.45, 2.75) is 32.4 Å². The van der Waals surface area contributed by atoms with Crippen molar-refractivity contribution in [2.24, 2.45) is 4.99 Å². The zero-order valence-corrected chi connectivity index (χ0v) is 16.5. The topological polar surface area (TPSA) is 36.4 Å². The summed E-state index contributed by atoms with van der Waals surface area (Å²) in [5, 5.41) is 6.50. The van der Waals surface area contributed by atoms with E-state index in [1.165, 1.54) is 11.6 Å². The number of benzene rings is 2. The number of aliphatic imine (C=N–C) groups is 1. The van der Waals surface area contributed by atoms with Crippen LogP contribution in [0.2, 0.25) is 0 Å². The minimum Gasteiger partial charge on any atom is -0.354 e. The number of nitrogens with one attached hydrogen (secondary N) is 2. The average molecular weight is 441 g/mol. The van der Waals surface area contributed by atoms with Gasteiger partial charge in [-0.1, -0.05) is 48.5 Å². The number of aryl methyl sites for hydroxylation is 1. The molecule has 130 valence electrons. The Bertz CT molecular complexity index is 632. The molecule has 0 saturated carbocycles. The fourth-order valence-electron chi connectivity index (χ4n) is 2.35. The summed E-state index contributed by atoms with van der Waals surface area (Å²) in [4.78, 5) is 4.20. The predicted molar refractivity (Wildman–Crippen MR) is 109 cm³/mol. The molecule has 0 spiro atoms. The smallest absolute Gasteiger partial charge is 0.191 e. The van der Waals surface area contributed by atoms with E-state index in [9.17, 15) is 4.39 Å². The van der Waals surface area contributed by atoms with Gasteiger partial charge in [-0.25, -0.2) is 4.39 Å². The van der Waals surface area contributed by atoms with E-state index in [0.717, 1.165) is 12.8 Å². The van der Waals surface area contributed by atoms with Gasteiger partial charge in [0.2, 0.25) is 0 Å². The SMILES string of the molecule is CN=C(NCc1ccccc1F)NC(C)CCc1ccccc1.I. The predicted octanol–water partition coefficient (Wildman–Crippen LogP) is 4.13. The van der Waals surface area contributed by atoms with E-state index in [0.29, 0.717) is 18.1 Å². The summed E-state index contributed by atoms with van der Waals surface area (Å²) in [5.74, 6) is 0.487. The Morgan fingerprint density at radius 3 is 2.42 bits per heavy atom. The molecule has 0 aliphatic rings. The van der Waals surface area contributed by atoms with Crippen LogP contribution in [0.5, 0.6) is 0 Å². The standard InChI is InChI=1S/C19H24FN3.HI/c1-15(12-13-16-8-4-3-5-9-16)23-19(21-2)22-14-17-10-6-7-11-18(17)20;/h3-11,15H,12-14H2,1-2H3,(H2,21,22,23);1H. The lowest BCUT2D eigenvalue weighted by atomic mass is 10.1. The molecule has 0 fully saturated rings. The van der Waals surface area contributed by atoms with Crippen LogP contribution in [-0.4, -0.2) is 19.0 Å². The van der Waals surface area contributed by atoms with Gasteiger partial charge in [-0.3, -0.25) is 4.99 Å². The van der Waals surface area contributed by atoms with Crippen LogP contribution in [0, 0.1) is 5.82 Å². The summed E-state index contributed by atoms with van der Waals surface area (Å²) >= 11 is 0. The lowest BCUT2D eigenvalue weighted by Gasteiger charge is -2.18. The van der Waals surface area contributed by atoms with Gasteiger partial charge >= 0.3 is 0 Å². The van der Waals surface area contributed by atoms with Crippen molar-refractivity contribution in [1.82, 2.24) is 10.6 Å². The summed E-state index contributed by atoms with van der Waals surface area (Å²) in [6, 6.07) is 17.5. The highest BCUT2D eigenvalue weighted by Gasteiger charge is 2.07. The Labute approximate surface area is 160 Å². The van der Waals surface area contributed by atoms with Crippen molar-refractivity contribution in [1.29, 1.82) is 0 Å². The first-order valence-electron chi connectivity index (χ1n) is 7.93. The highest BCUT2D eigenvalue weighted by molar-refractivity contribution is 14.0. The molecule has 0 heterocycles. The van der Waals surface area contributed by atoms with E-state index in [2.05, 4.69) is 46.8 Å². The van der Waals surface area contributed by atoms with Crippen LogP contribution in [0.25, 0.3) is 0 Å². The van der Waals surface area contributed by atoms with Gasteiger partial charge in [-0.15, -0.1) is 24.0 Å². The maximum absolute atomic E-state index is 13.6. The normalized spacial score (nSPS) is 12.2. The molecule has 0 aliphatic heterocycles. The summed E-state index contributed by atoms with van der Waals surface area (Å²) < 4.78 is 13.6. The first kappa shape index (κ1) is 20.4. The second kappa shape index (κ2) is 11.0. The van der Waals surface area contributed by atoms with Crippen LogP contribution < -0.4 is 10.6 Å². The van der Waals surface area contributed by atoms with Crippen molar-refractivity contribution in [2.75, 3.05) is 7.05 Å². The van der Waals surface area contributed by atoms with Crippen molar-refractivity contribution < 1.29 is 4.39 Å². The quantitative estimate of drug-likeness (QED) is 0.402. The summed E-state index contributed by atoms with van der Waals surface area (Å²) in [7, 11) is 1.72. The zero-order valence-electron chi connectivity index (χ0n) is 14.1. The molecule has 0 aliphatic carbocycles. The van der Waals surface area contributed by atoms with Crippen molar-refractivity contribution in [3.05, 3.63) is 71.5 Å². The van der Waals surface area contributed by atoms with Gasteiger partial charge in [0.05, 0.1) is 0 Å². The number of halogens is 2. The van der Waals surface area contributed by atoms with Gasteiger partial charge in [-0.05, 0) is 31.4 Å². The molecule has 3 nitrogen and oxygen atoms in total. The number of hydrogen-bond donors (Lipinski definition) is 2. The largest absolute Gasteiger partial charge is 0.354 e. The summed E-state index contributed by atoms with van der Waals surface area (Å²) in [5.41, 5.74) is 1.96. The molecular weight excluding hydrogens is 416 g/mol. The molecule has 24 heavy (non-hydrogen) atoms. The highest BCUT2D eigenvalue weighted by atomic mass is 127. The Morgan fingerprint density at radius 1 is 1.08 bits per heavy atom. The van der Waals surface area contributed by atoms with Gasteiger partial charge in [0.1, 0.15) is 5.82 Å². The van der Waals surface area contributed by atoms with E-state index in [4.69, 9.17) is 0 Å². The first-order valence-corrected chi connectivity index (χ1v) is 7.93. The van der Waals surface area contributed by atoms with Crippen molar-refractivity contribution >= 4 is 29.9 Å². The second-order valence-corrected chi connectivity index (χ2v) is 5.59. The van der Waals surface area contributed by atoms with Crippen LogP contribution in [-0.2, 0) is 13.0 Å². The van der Waals surface area contributed by atoms with Crippen molar-refractivity contribution in [3.63, 3.8) is 0 Å². The molecule has 0 saturated heterocycles. The fourth-order valence-corrected chi connectivity index (χ4v) is 2.35. The molecular formula is C19H25FIN3. The van der Waals surface area contributed by atoms with Gasteiger partial charge in [-0.2, -0.15) is 0 Å². The molecule has 1 unspecified atom stereocenters. The monoisotopic (exact) mass is 441 g/mol. The fraction of sp³-hybridized carbons (Fsp3) is 0.316. The van der Waals surface area contributed by atoms with Crippen molar-refractivity contribution in [3.8, 4) is 0 Å². The molecule has 0 radical (unpaired) electrons. The Morgan fingerprint density at radius 2 is 1.75 bits per heavy atom. The van der Waals surface area contributed by atoms with E-state index >= 15 is 0 Å². The highest BCUT2D eigenvalue weighted by Crippen LogP contribution is 2.06. The number of guanidine groups is 1. The van der Waals surface area contributed by atoms with Crippen LogP contribution in [0.15, 0.2) is 59.6 Å². The molecule has 2 rings (SSSR count). The lowest BCUT2D eigenvalue weighted by molar-refractivity contribution is 0.585. The van der Waals surface area contributed by atoms with E-state index in [-0.39, 0.29) is 35.8 Å². The Hall–Kier alpha value is -1.63. The minimum atomic E-state index is -0.201. The molecule has 0 aromatic heterocycles. The molecule has 2 aromatic carbocycles. The van der Waals surface area contributed by atoms with E-state index < -0.39 is 0 Å². The number of hydrogen-bond acceptors (Lipinski definition) is 1. The van der Waals surface area contributed by atoms with Crippen LogP contribution >= 0.6 is 24.0 Å². The van der Waals surface area contributed by atoms with Gasteiger partial charge in [0.15, 0.2) is 5.96 Å². The van der Waals surface area contributed by atoms with E-state index in [1.54, 1.807) is 19.2 Å². The molecule has 2 N–H and O–H groups in total. The van der Waals surface area contributed by atoms with Crippen LogP contribution in [0.3, 0.4) is 0 Å². The van der Waals surface area contributed by atoms with Gasteiger partial charge in [0, 0.05) is 25.2 Å². The lowest BCUT2D eigenvalue weighted by Crippen LogP contribution is -2.42. The Kier molecular flexibility index (Phi) is 9.37. The van der Waals surface area contributed by atoms with Gasteiger partial charge in [0.25, 0.3) is 0 Å². The maximum atomic E-state index is 13.6. The van der Waals surface area contributed by atoms with E-state index in [1.807, 2.05) is 12.1 Å². The van der Waals surface area contributed by atoms with Gasteiger partial charge < -0.3 is 10.6 Å². The first-order chi connectivity index (χ1) is 11.2.